The van der Waals surface area contributed by atoms with Gasteiger partial charge in [0.15, 0.2) is 11.5 Å². The molecule has 5 heteroatoms. The minimum Gasteiger partial charge on any atom is -0.486 e. The molecule has 0 spiro atoms. The van der Waals surface area contributed by atoms with E-state index in [1.807, 2.05) is 12.1 Å². The van der Waals surface area contributed by atoms with Gasteiger partial charge < -0.3 is 15.2 Å². The van der Waals surface area contributed by atoms with E-state index in [1.165, 1.54) is 0 Å². The number of ether oxygens (including phenoxy) is 2. The molecular formula is C15H21ClN2O2. The smallest absolute Gasteiger partial charge is 0.179 e. The van der Waals surface area contributed by atoms with Crippen molar-refractivity contribution in [3.63, 3.8) is 0 Å². The fraction of sp³-hybridized carbons (Fsp3) is 0.600. The summed E-state index contributed by atoms with van der Waals surface area (Å²) in [5.74, 6) is 2.07. The van der Waals surface area contributed by atoms with Crippen molar-refractivity contribution in [2.45, 2.75) is 25.9 Å². The Morgan fingerprint density at radius 1 is 1.30 bits per heavy atom. The lowest BCUT2D eigenvalue weighted by atomic mass is 9.96. The molecule has 0 aliphatic carbocycles. The number of piperidine rings is 1. The van der Waals surface area contributed by atoms with Crippen molar-refractivity contribution in [2.24, 2.45) is 11.7 Å². The number of likely N-dealkylation sites (tertiary alicyclic amines) is 1. The highest BCUT2D eigenvalue weighted by molar-refractivity contribution is 6.32. The van der Waals surface area contributed by atoms with Gasteiger partial charge in [-0.1, -0.05) is 18.5 Å². The fourth-order valence-electron chi connectivity index (χ4n) is 3.16. The van der Waals surface area contributed by atoms with Gasteiger partial charge in [0.1, 0.15) is 13.2 Å². The van der Waals surface area contributed by atoms with E-state index in [-0.39, 0.29) is 6.04 Å². The van der Waals surface area contributed by atoms with Gasteiger partial charge in [-0.25, -0.2) is 0 Å². The number of fused-ring (bicyclic) bond motifs is 1. The maximum atomic E-state index is 6.27. The lowest BCUT2D eigenvalue weighted by Crippen LogP contribution is -2.45. The molecule has 2 N–H and O–H groups in total. The first kappa shape index (κ1) is 14.0. The van der Waals surface area contributed by atoms with E-state index in [2.05, 4.69) is 11.8 Å². The van der Waals surface area contributed by atoms with Crippen LogP contribution < -0.4 is 15.2 Å². The zero-order valence-corrected chi connectivity index (χ0v) is 12.5. The summed E-state index contributed by atoms with van der Waals surface area (Å²) in [5, 5.41) is 0.631. The van der Waals surface area contributed by atoms with Crippen molar-refractivity contribution in [3.8, 4) is 11.5 Å². The molecule has 0 aromatic heterocycles. The SMILES string of the molecule is CC1CC(N)CN(Cc2cc(Cl)c3c(c2)OCCO3)C1. The number of hydrogen-bond acceptors (Lipinski definition) is 4. The second-order valence-corrected chi connectivity index (χ2v) is 6.30. The van der Waals surface area contributed by atoms with E-state index in [0.717, 1.165) is 37.4 Å². The Bertz CT molecular complexity index is 485. The molecule has 110 valence electrons. The molecule has 0 amide bonds. The van der Waals surface area contributed by atoms with Crippen molar-refractivity contribution in [1.82, 2.24) is 4.90 Å². The highest BCUT2D eigenvalue weighted by Crippen LogP contribution is 2.38. The molecule has 2 atom stereocenters. The molecule has 1 aromatic rings. The maximum Gasteiger partial charge on any atom is 0.179 e. The number of hydrogen-bond donors (Lipinski definition) is 1. The van der Waals surface area contributed by atoms with Crippen LogP contribution in [-0.2, 0) is 6.54 Å². The topological polar surface area (TPSA) is 47.7 Å². The van der Waals surface area contributed by atoms with Gasteiger partial charge in [0, 0.05) is 25.7 Å². The molecule has 20 heavy (non-hydrogen) atoms. The lowest BCUT2D eigenvalue weighted by molar-refractivity contribution is 0.156. The van der Waals surface area contributed by atoms with Gasteiger partial charge in [0.25, 0.3) is 0 Å². The molecule has 1 saturated heterocycles. The monoisotopic (exact) mass is 296 g/mol. The van der Waals surface area contributed by atoms with E-state index in [9.17, 15) is 0 Å². The average molecular weight is 297 g/mol. The minimum atomic E-state index is 0.270. The summed E-state index contributed by atoms with van der Waals surface area (Å²) in [7, 11) is 0. The Balaban J connectivity index is 1.76. The lowest BCUT2D eigenvalue weighted by Gasteiger charge is -2.35. The molecule has 4 nitrogen and oxygen atoms in total. The van der Waals surface area contributed by atoms with E-state index < -0.39 is 0 Å². The molecule has 0 bridgehead atoms. The molecule has 1 fully saturated rings. The van der Waals surface area contributed by atoms with Crippen LogP contribution in [0.4, 0.5) is 0 Å². The summed E-state index contributed by atoms with van der Waals surface area (Å²) in [5.41, 5.74) is 7.25. The summed E-state index contributed by atoms with van der Waals surface area (Å²) in [4.78, 5) is 2.39. The van der Waals surface area contributed by atoms with Crippen LogP contribution >= 0.6 is 11.6 Å². The summed E-state index contributed by atoms with van der Waals surface area (Å²) in [6.07, 6.45) is 1.11. The molecule has 0 radical (unpaired) electrons. The Morgan fingerprint density at radius 3 is 2.90 bits per heavy atom. The van der Waals surface area contributed by atoms with Crippen molar-refractivity contribution in [2.75, 3.05) is 26.3 Å². The average Bonchev–Trinajstić information content (AvgIpc) is 2.37. The highest BCUT2D eigenvalue weighted by atomic mass is 35.5. The van der Waals surface area contributed by atoms with Crippen LogP contribution in [0, 0.1) is 5.92 Å². The predicted molar refractivity (Wildman–Crippen MR) is 79.5 cm³/mol. The van der Waals surface area contributed by atoms with Gasteiger partial charge in [-0.3, -0.25) is 4.90 Å². The zero-order valence-electron chi connectivity index (χ0n) is 11.8. The molecular weight excluding hydrogens is 276 g/mol. The van der Waals surface area contributed by atoms with Gasteiger partial charge >= 0.3 is 0 Å². The van der Waals surface area contributed by atoms with Crippen molar-refractivity contribution < 1.29 is 9.47 Å². The first-order valence-electron chi connectivity index (χ1n) is 7.18. The van der Waals surface area contributed by atoms with Crippen LogP contribution in [0.1, 0.15) is 18.9 Å². The van der Waals surface area contributed by atoms with Gasteiger partial charge in [0.2, 0.25) is 0 Å². The molecule has 2 unspecified atom stereocenters. The van der Waals surface area contributed by atoms with E-state index >= 15 is 0 Å². The summed E-state index contributed by atoms with van der Waals surface area (Å²) in [6, 6.07) is 4.27. The second-order valence-electron chi connectivity index (χ2n) is 5.90. The third-order valence-corrected chi connectivity index (χ3v) is 4.11. The normalized spacial score (nSPS) is 26.6. The summed E-state index contributed by atoms with van der Waals surface area (Å²) < 4.78 is 11.2. The molecule has 1 aromatic carbocycles. The number of nitrogens with zero attached hydrogens (tertiary/aromatic N) is 1. The molecule has 2 heterocycles. The van der Waals surface area contributed by atoms with Crippen LogP contribution in [0.5, 0.6) is 11.5 Å². The van der Waals surface area contributed by atoms with Crippen molar-refractivity contribution in [1.29, 1.82) is 0 Å². The van der Waals surface area contributed by atoms with Crippen molar-refractivity contribution in [3.05, 3.63) is 22.7 Å². The van der Waals surface area contributed by atoms with Crippen LogP contribution in [0.15, 0.2) is 12.1 Å². The largest absolute Gasteiger partial charge is 0.486 e. The Kier molecular flexibility index (Phi) is 4.06. The predicted octanol–water partition coefficient (Wildman–Crippen LogP) is 2.28. The number of benzene rings is 1. The maximum absolute atomic E-state index is 6.27. The van der Waals surface area contributed by atoms with Crippen LogP contribution in [0.25, 0.3) is 0 Å². The van der Waals surface area contributed by atoms with E-state index in [0.29, 0.717) is 29.9 Å². The third-order valence-electron chi connectivity index (χ3n) is 3.83. The first-order valence-corrected chi connectivity index (χ1v) is 7.55. The summed E-state index contributed by atoms with van der Waals surface area (Å²) in [6.45, 7) is 6.27. The quantitative estimate of drug-likeness (QED) is 0.909. The zero-order chi connectivity index (χ0) is 14.1. The fourth-order valence-corrected chi connectivity index (χ4v) is 3.44. The number of nitrogens with two attached hydrogens (primary N) is 1. The number of rotatable bonds is 2. The van der Waals surface area contributed by atoms with Crippen LogP contribution in [-0.4, -0.2) is 37.2 Å². The molecule has 2 aliphatic rings. The number of halogens is 1. The molecule has 0 saturated carbocycles. The summed E-state index contributed by atoms with van der Waals surface area (Å²) >= 11 is 6.27. The third kappa shape index (κ3) is 3.03. The Morgan fingerprint density at radius 2 is 2.10 bits per heavy atom. The molecule has 3 rings (SSSR count). The van der Waals surface area contributed by atoms with Crippen LogP contribution in [0.2, 0.25) is 5.02 Å². The van der Waals surface area contributed by atoms with Gasteiger partial charge in [0.05, 0.1) is 5.02 Å². The van der Waals surface area contributed by atoms with E-state index in [1.54, 1.807) is 0 Å². The van der Waals surface area contributed by atoms with Crippen LogP contribution in [0.3, 0.4) is 0 Å². The highest BCUT2D eigenvalue weighted by Gasteiger charge is 2.23. The van der Waals surface area contributed by atoms with Gasteiger partial charge in [-0.15, -0.1) is 0 Å². The van der Waals surface area contributed by atoms with Crippen molar-refractivity contribution >= 4 is 11.6 Å². The Hall–Kier alpha value is -0.970. The first-order chi connectivity index (χ1) is 9.61. The Labute approximate surface area is 124 Å². The van der Waals surface area contributed by atoms with Gasteiger partial charge in [-0.05, 0) is 30.0 Å². The van der Waals surface area contributed by atoms with E-state index in [4.69, 9.17) is 26.8 Å². The van der Waals surface area contributed by atoms with Gasteiger partial charge in [-0.2, -0.15) is 0 Å². The molecule has 2 aliphatic heterocycles. The second kappa shape index (κ2) is 5.80. The minimum absolute atomic E-state index is 0.270. The standard InChI is InChI=1S/C15H21ClN2O2/c1-10-4-12(17)9-18(7-10)8-11-5-13(16)15-14(6-11)19-2-3-20-15/h5-6,10,12H,2-4,7-9,17H2,1H3.